The second-order valence-corrected chi connectivity index (χ2v) is 4.30. The fraction of sp³-hybridized carbons (Fsp3) is 0.714. The van der Waals surface area contributed by atoms with Crippen molar-refractivity contribution in [3.8, 4) is 0 Å². The van der Waals surface area contributed by atoms with Crippen LogP contribution in [0, 0.1) is 0 Å². The van der Waals surface area contributed by atoms with Gasteiger partial charge in [0.25, 0.3) is 0 Å². The Morgan fingerprint density at radius 2 is 1.48 bits per heavy atom. The Labute approximate surface area is 140 Å². The van der Waals surface area contributed by atoms with Crippen LogP contribution in [0.1, 0.15) is 34.5 Å². The van der Waals surface area contributed by atoms with Crippen LogP contribution >= 0.6 is 0 Å². The molecule has 0 aromatic rings. The van der Waals surface area contributed by atoms with Crippen molar-refractivity contribution in [2.45, 2.75) is 52.0 Å². The molecule has 4 atom stereocenters. The van der Waals surface area contributed by atoms with Gasteiger partial charge in [-0.2, -0.15) is 0 Å². The molecule has 0 radical (unpaired) electrons. The summed E-state index contributed by atoms with van der Waals surface area (Å²) in [5.74, 6) is -4.71. The molecule has 0 aromatic carbocycles. The average molecular weight is 337 g/mol. The van der Waals surface area contributed by atoms with Crippen LogP contribution < -0.4 is 0 Å². The van der Waals surface area contributed by atoms with Crippen LogP contribution in [0.2, 0.25) is 0 Å². The molecule has 0 spiro atoms. The predicted molar refractivity (Wildman–Crippen MR) is 73.0 cm³/mol. The fourth-order valence-electron chi connectivity index (χ4n) is 1.54. The third-order valence-electron chi connectivity index (χ3n) is 2.17. The van der Waals surface area contributed by atoms with E-state index < -0.39 is 61.4 Å². The highest BCUT2D eigenvalue weighted by Gasteiger charge is 2.47. The molecular weight excluding hydrogens is 312 g/mol. The lowest BCUT2D eigenvalue weighted by atomic mass is 9.99. The zero-order valence-corrected chi connectivity index (χ0v) is 13.0. The summed E-state index contributed by atoms with van der Waals surface area (Å²) in [6.45, 7) is -0.902. The van der Waals surface area contributed by atoms with E-state index >= 15 is 0 Å². The smallest absolute Gasteiger partial charge is 0.303 e. The van der Waals surface area contributed by atoms with E-state index in [0.717, 1.165) is 27.7 Å². The maximum absolute atomic E-state index is 11.6. The van der Waals surface area contributed by atoms with E-state index in [4.69, 9.17) is 25.8 Å². The molecule has 0 aromatic heterocycles. The van der Waals surface area contributed by atoms with Gasteiger partial charge >= 0.3 is 23.9 Å². The van der Waals surface area contributed by atoms with E-state index in [1.807, 2.05) is 0 Å². The molecule has 23 heavy (non-hydrogen) atoms. The van der Waals surface area contributed by atoms with Crippen LogP contribution in [-0.2, 0) is 42.9 Å². The molecule has 130 valence electrons. The zero-order valence-electron chi connectivity index (χ0n) is 18.0. The van der Waals surface area contributed by atoms with Gasteiger partial charge < -0.3 is 23.7 Å². The molecule has 1 rings (SSSR count). The van der Waals surface area contributed by atoms with Gasteiger partial charge in [0.1, 0.15) is 12.7 Å². The third kappa shape index (κ3) is 6.23. The summed E-state index contributed by atoms with van der Waals surface area (Å²) in [4.78, 5) is 45.8. The van der Waals surface area contributed by atoms with Crippen LogP contribution in [0.4, 0.5) is 0 Å². The first-order valence-corrected chi connectivity index (χ1v) is 6.40. The molecule has 1 fully saturated rings. The highest BCUT2D eigenvalue weighted by atomic mass is 16.7. The Kier molecular flexibility index (Phi) is 4.52. The summed E-state index contributed by atoms with van der Waals surface area (Å²) in [5, 5.41) is 0. The number of hydrogen-bond donors (Lipinski definition) is 0. The molecule has 1 saturated heterocycles. The molecule has 0 bridgehead atoms. The van der Waals surface area contributed by atoms with Gasteiger partial charge in [0, 0.05) is 27.7 Å². The number of rotatable bonds is 5. The zero-order chi connectivity index (χ0) is 22.1. The number of hydrogen-bond acceptors (Lipinski definition) is 9. The molecule has 9 nitrogen and oxygen atoms in total. The first kappa shape index (κ1) is 12.3. The summed E-state index contributed by atoms with van der Waals surface area (Å²) >= 11 is 0. The molecular formula is C14H20O9. The van der Waals surface area contributed by atoms with Crippen LogP contribution in [0.5, 0.6) is 0 Å². The van der Waals surface area contributed by atoms with Gasteiger partial charge in [-0.05, 0) is 0 Å². The van der Waals surface area contributed by atoms with Gasteiger partial charge in [-0.15, -0.1) is 0 Å². The van der Waals surface area contributed by atoms with Crippen molar-refractivity contribution in [3.63, 3.8) is 0 Å². The van der Waals surface area contributed by atoms with Gasteiger partial charge in [-0.25, -0.2) is 0 Å². The van der Waals surface area contributed by atoms with Crippen LogP contribution in [-0.4, -0.2) is 61.4 Å². The Morgan fingerprint density at radius 1 is 0.957 bits per heavy atom. The van der Waals surface area contributed by atoms with E-state index in [0.29, 0.717) is 0 Å². The molecule has 0 aliphatic carbocycles. The molecule has 0 N–H and O–H groups in total. The van der Waals surface area contributed by atoms with Gasteiger partial charge in [-0.1, -0.05) is 0 Å². The lowest BCUT2D eigenvalue weighted by Crippen LogP contribution is -2.58. The standard InChI is InChI=1S/C14H20O9/c1-7(15)19-5-11-13(22-9(3)17)14(23-10(4)18)12(6-20-11)21-8(2)16/h11-14H,5-6H2,1-4H3/t11-,12+,13-,14-/m1/s1/i5D2,12D,13D,14D. The maximum Gasteiger partial charge on any atom is 0.303 e. The van der Waals surface area contributed by atoms with E-state index in [1.54, 1.807) is 0 Å². The van der Waals surface area contributed by atoms with E-state index in [2.05, 4.69) is 4.74 Å². The topological polar surface area (TPSA) is 114 Å². The van der Waals surface area contributed by atoms with Crippen molar-refractivity contribution >= 4 is 23.9 Å². The van der Waals surface area contributed by atoms with E-state index in [9.17, 15) is 19.2 Å². The van der Waals surface area contributed by atoms with Gasteiger partial charge in [0.2, 0.25) is 0 Å². The van der Waals surface area contributed by atoms with Crippen molar-refractivity contribution in [3.05, 3.63) is 0 Å². The minimum absolute atomic E-state index is 0.801. The Hall–Kier alpha value is -2.16. The van der Waals surface area contributed by atoms with Crippen molar-refractivity contribution in [1.82, 2.24) is 0 Å². The minimum Gasteiger partial charge on any atom is -0.463 e. The largest absolute Gasteiger partial charge is 0.463 e. The lowest BCUT2D eigenvalue weighted by Gasteiger charge is -2.40. The number of esters is 4. The average Bonchev–Trinajstić information content (AvgIpc) is 2.41. The Bertz CT molecular complexity index is 686. The quantitative estimate of drug-likeness (QED) is 0.494. The first-order valence-electron chi connectivity index (χ1n) is 8.90. The van der Waals surface area contributed by atoms with Gasteiger partial charge in [0.05, 0.1) is 13.5 Å². The normalized spacial score (nSPS) is 40.2. The monoisotopic (exact) mass is 337 g/mol. The molecule has 0 saturated carbocycles. The number of ether oxygens (including phenoxy) is 5. The molecule has 1 heterocycles. The Morgan fingerprint density at radius 3 is 1.96 bits per heavy atom. The highest BCUT2D eigenvalue weighted by molar-refractivity contribution is 5.68. The van der Waals surface area contributed by atoms with Crippen molar-refractivity contribution in [2.24, 2.45) is 0 Å². The number of carbonyl (C=O) groups is 4. The van der Waals surface area contributed by atoms with Gasteiger partial charge in [-0.3, -0.25) is 19.2 Å². The fourth-order valence-corrected chi connectivity index (χ4v) is 1.54. The molecule has 1 aliphatic rings. The van der Waals surface area contributed by atoms with Crippen LogP contribution in [0.3, 0.4) is 0 Å². The molecule has 0 amide bonds. The van der Waals surface area contributed by atoms with Crippen molar-refractivity contribution in [1.29, 1.82) is 0 Å². The van der Waals surface area contributed by atoms with Crippen LogP contribution in [0.25, 0.3) is 0 Å². The van der Waals surface area contributed by atoms with Crippen LogP contribution in [0.15, 0.2) is 0 Å². The second kappa shape index (κ2) is 8.47. The van der Waals surface area contributed by atoms with E-state index in [-0.39, 0.29) is 0 Å². The van der Waals surface area contributed by atoms with E-state index in [1.165, 1.54) is 0 Å². The summed E-state index contributed by atoms with van der Waals surface area (Å²) in [6, 6.07) is 0. The predicted octanol–water partition coefficient (Wildman–Crippen LogP) is -0.257. The summed E-state index contributed by atoms with van der Waals surface area (Å²) < 4.78 is 64.7. The van der Waals surface area contributed by atoms with Crippen molar-refractivity contribution in [2.75, 3.05) is 13.2 Å². The summed E-state index contributed by atoms with van der Waals surface area (Å²) in [6.07, 6.45) is -11.9. The minimum atomic E-state index is -3.32. The molecule has 9 heteroatoms. The summed E-state index contributed by atoms with van der Waals surface area (Å²) in [5.41, 5.74) is 0. The highest BCUT2D eigenvalue weighted by Crippen LogP contribution is 2.24. The molecule has 1 aliphatic heterocycles. The first-order chi connectivity index (χ1) is 12.5. The summed E-state index contributed by atoms with van der Waals surface area (Å²) in [7, 11) is 0. The van der Waals surface area contributed by atoms with Gasteiger partial charge in [0.15, 0.2) is 18.2 Å². The second-order valence-electron chi connectivity index (χ2n) is 4.30. The number of carbonyl (C=O) groups excluding carboxylic acids is 4. The lowest BCUT2D eigenvalue weighted by molar-refractivity contribution is -0.231. The molecule has 0 unspecified atom stereocenters. The Balaban J connectivity index is 3.70. The third-order valence-corrected chi connectivity index (χ3v) is 2.17. The SMILES string of the molecule is [2H]C([2H])(OC(C)=O)[C@H]1OC[C@]([2H])(OC(C)=O)[C@@]([2H])(OC(C)=O)[C@]1([2H])OC(C)=O. The van der Waals surface area contributed by atoms with Crippen molar-refractivity contribution < 1.29 is 49.7 Å². The maximum atomic E-state index is 11.6.